The van der Waals surface area contributed by atoms with E-state index in [2.05, 4.69) is 24.1 Å². The van der Waals surface area contributed by atoms with Gasteiger partial charge in [-0.3, -0.25) is 4.90 Å². The van der Waals surface area contributed by atoms with Crippen LogP contribution in [-0.2, 0) is 4.74 Å². The van der Waals surface area contributed by atoms with E-state index in [1.807, 2.05) is 7.11 Å². The van der Waals surface area contributed by atoms with Gasteiger partial charge in [-0.05, 0) is 44.7 Å². The largest absolute Gasteiger partial charge is 0.383 e. The van der Waals surface area contributed by atoms with Gasteiger partial charge >= 0.3 is 0 Å². The van der Waals surface area contributed by atoms with E-state index in [1.165, 1.54) is 64.5 Å². The number of rotatable bonds is 7. The highest BCUT2D eigenvalue weighted by atomic mass is 16.5. The lowest BCUT2D eigenvalue weighted by atomic mass is 9.79. The average Bonchev–Trinajstić information content (AvgIpc) is 2.53. The molecular weight excluding hydrogens is 260 g/mol. The first kappa shape index (κ1) is 17.2. The molecule has 0 amide bonds. The molecule has 0 radical (unpaired) electrons. The molecule has 1 aliphatic carbocycles. The zero-order valence-electron chi connectivity index (χ0n) is 14.5. The summed E-state index contributed by atoms with van der Waals surface area (Å²) in [6, 6.07) is 0.485. The van der Waals surface area contributed by atoms with Gasteiger partial charge in [0.2, 0.25) is 0 Å². The van der Waals surface area contributed by atoms with Gasteiger partial charge in [0.15, 0.2) is 0 Å². The van der Waals surface area contributed by atoms with Crippen molar-refractivity contribution < 1.29 is 4.74 Å². The molecule has 1 atom stereocenters. The first-order valence-electron chi connectivity index (χ1n) is 9.15. The Kier molecular flexibility index (Phi) is 6.97. The van der Waals surface area contributed by atoms with E-state index in [-0.39, 0.29) is 0 Å². The van der Waals surface area contributed by atoms with Gasteiger partial charge in [0.05, 0.1) is 6.61 Å². The number of likely N-dealkylation sites (tertiary alicyclic amines) is 1. The van der Waals surface area contributed by atoms with Gasteiger partial charge in [-0.15, -0.1) is 0 Å². The van der Waals surface area contributed by atoms with Crippen molar-refractivity contribution in [1.82, 2.24) is 10.2 Å². The van der Waals surface area contributed by atoms with Crippen LogP contribution in [0.1, 0.15) is 65.2 Å². The van der Waals surface area contributed by atoms with Crippen molar-refractivity contribution in [2.45, 2.75) is 76.8 Å². The van der Waals surface area contributed by atoms with Crippen molar-refractivity contribution >= 4 is 0 Å². The summed E-state index contributed by atoms with van der Waals surface area (Å²) in [5, 5.41) is 3.86. The van der Waals surface area contributed by atoms with Gasteiger partial charge in [0.25, 0.3) is 0 Å². The van der Waals surface area contributed by atoms with Crippen LogP contribution < -0.4 is 5.32 Å². The molecule has 0 aromatic rings. The molecule has 1 unspecified atom stereocenters. The van der Waals surface area contributed by atoms with Crippen molar-refractivity contribution in [3.8, 4) is 0 Å². The highest BCUT2D eigenvalue weighted by molar-refractivity contribution is 4.97. The predicted molar refractivity (Wildman–Crippen MR) is 89.7 cm³/mol. The first-order valence-corrected chi connectivity index (χ1v) is 9.15. The van der Waals surface area contributed by atoms with E-state index < -0.39 is 0 Å². The number of hydrogen-bond donors (Lipinski definition) is 1. The molecule has 1 heterocycles. The second-order valence-electron chi connectivity index (χ2n) is 7.52. The van der Waals surface area contributed by atoms with E-state index >= 15 is 0 Å². The molecular formula is C18H36N2O. The Morgan fingerprint density at radius 3 is 2.19 bits per heavy atom. The summed E-state index contributed by atoms with van der Waals surface area (Å²) in [6.45, 7) is 9.21. The quantitative estimate of drug-likeness (QED) is 0.779. The number of methoxy groups -OCH3 is 1. The number of hydrogen-bond acceptors (Lipinski definition) is 3. The lowest BCUT2D eigenvalue weighted by Gasteiger charge is -2.49. The zero-order chi connectivity index (χ0) is 15.1. The zero-order valence-corrected chi connectivity index (χ0v) is 14.5. The van der Waals surface area contributed by atoms with Crippen LogP contribution in [0.4, 0.5) is 0 Å². The monoisotopic (exact) mass is 296 g/mol. The standard InChI is InChI=1S/C18H36N2O/c1-16(2)17(14-21-3)19-15-18(10-6-4-7-11-18)20-12-8-5-9-13-20/h16-17,19H,4-15H2,1-3H3. The molecule has 0 aromatic heterocycles. The molecule has 0 spiro atoms. The van der Waals surface area contributed by atoms with Crippen LogP contribution in [0.3, 0.4) is 0 Å². The summed E-state index contributed by atoms with van der Waals surface area (Å²) < 4.78 is 5.41. The molecule has 0 aromatic carbocycles. The first-order chi connectivity index (χ1) is 10.2. The van der Waals surface area contributed by atoms with Crippen LogP contribution in [0.15, 0.2) is 0 Å². The van der Waals surface area contributed by atoms with Gasteiger partial charge in [0.1, 0.15) is 0 Å². The fourth-order valence-electron chi connectivity index (χ4n) is 4.17. The summed E-state index contributed by atoms with van der Waals surface area (Å²) >= 11 is 0. The second kappa shape index (κ2) is 8.50. The second-order valence-corrected chi connectivity index (χ2v) is 7.52. The lowest BCUT2D eigenvalue weighted by Crippen LogP contribution is -2.59. The van der Waals surface area contributed by atoms with Gasteiger partial charge in [-0.2, -0.15) is 0 Å². The average molecular weight is 296 g/mol. The third kappa shape index (κ3) is 4.67. The summed E-state index contributed by atoms with van der Waals surface area (Å²) in [5.74, 6) is 0.631. The minimum Gasteiger partial charge on any atom is -0.383 e. The number of nitrogens with zero attached hydrogens (tertiary/aromatic N) is 1. The van der Waals surface area contributed by atoms with E-state index in [0.717, 1.165) is 13.2 Å². The van der Waals surface area contributed by atoms with E-state index in [4.69, 9.17) is 4.74 Å². The van der Waals surface area contributed by atoms with Crippen LogP contribution in [0.25, 0.3) is 0 Å². The summed E-state index contributed by atoms with van der Waals surface area (Å²) in [5.41, 5.74) is 0.430. The number of nitrogens with one attached hydrogen (secondary N) is 1. The van der Waals surface area contributed by atoms with Crippen molar-refractivity contribution in [2.75, 3.05) is 33.4 Å². The Hall–Kier alpha value is -0.120. The van der Waals surface area contributed by atoms with E-state index in [1.54, 1.807) is 0 Å². The highest BCUT2D eigenvalue weighted by Gasteiger charge is 2.38. The normalized spacial score (nSPS) is 25.1. The maximum absolute atomic E-state index is 5.41. The minimum atomic E-state index is 0.430. The van der Waals surface area contributed by atoms with Crippen molar-refractivity contribution in [2.24, 2.45) is 5.92 Å². The van der Waals surface area contributed by atoms with Crippen molar-refractivity contribution in [3.63, 3.8) is 0 Å². The third-order valence-corrected chi connectivity index (χ3v) is 5.66. The summed E-state index contributed by atoms with van der Waals surface area (Å²) in [7, 11) is 1.82. The highest BCUT2D eigenvalue weighted by Crippen LogP contribution is 2.35. The Morgan fingerprint density at radius 2 is 1.62 bits per heavy atom. The molecule has 2 aliphatic rings. The molecule has 1 aliphatic heterocycles. The van der Waals surface area contributed by atoms with Crippen molar-refractivity contribution in [1.29, 1.82) is 0 Å². The topological polar surface area (TPSA) is 24.5 Å². The molecule has 124 valence electrons. The predicted octanol–water partition coefficient (Wildman–Crippen LogP) is 3.44. The number of piperidine rings is 1. The maximum atomic E-state index is 5.41. The van der Waals surface area contributed by atoms with Crippen LogP contribution in [-0.4, -0.2) is 49.8 Å². The Bertz CT molecular complexity index is 281. The van der Waals surface area contributed by atoms with Crippen LogP contribution >= 0.6 is 0 Å². The third-order valence-electron chi connectivity index (χ3n) is 5.66. The Morgan fingerprint density at radius 1 is 1.00 bits per heavy atom. The molecule has 3 nitrogen and oxygen atoms in total. The molecule has 1 N–H and O–H groups in total. The van der Waals surface area contributed by atoms with Crippen LogP contribution in [0.2, 0.25) is 0 Å². The molecule has 0 bridgehead atoms. The SMILES string of the molecule is COCC(NCC1(N2CCCCC2)CCCCC1)C(C)C. The Labute approximate surface area is 131 Å². The molecule has 1 saturated heterocycles. The molecule has 21 heavy (non-hydrogen) atoms. The number of ether oxygens (including phenoxy) is 1. The molecule has 2 rings (SSSR count). The van der Waals surface area contributed by atoms with Gasteiger partial charge in [0, 0.05) is 25.2 Å². The fourth-order valence-corrected chi connectivity index (χ4v) is 4.17. The van der Waals surface area contributed by atoms with E-state index in [0.29, 0.717) is 17.5 Å². The van der Waals surface area contributed by atoms with Crippen LogP contribution in [0.5, 0.6) is 0 Å². The molecule has 1 saturated carbocycles. The summed E-state index contributed by atoms with van der Waals surface area (Å²) in [4.78, 5) is 2.83. The molecule has 2 fully saturated rings. The van der Waals surface area contributed by atoms with Gasteiger partial charge < -0.3 is 10.1 Å². The van der Waals surface area contributed by atoms with E-state index in [9.17, 15) is 0 Å². The summed E-state index contributed by atoms with van der Waals surface area (Å²) in [6.07, 6.45) is 11.2. The molecule has 3 heteroatoms. The van der Waals surface area contributed by atoms with Gasteiger partial charge in [-0.1, -0.05) is 39.5 Å². The fraction of sp³-hybridized carbons (Fsp3) is 1.00. The smallest absolute Gasteiger partial charge is 0.0618 e. The maximum Gasteiger partial charge on any atom is 0.0618 e. The van der Waals surface area contributed by atoms with Gasteiger partial charge in [-0.25, -0.2) is 0 Å². The van der Waals surface area contributed by atoms with Crippen molar-refractivity contribution in [3.05, 3.63) is 0 Å². The van der Waals surface area contributed by atoms with Crippen LogP contribution in [0, 0.1) is 5.92 Å². The minimum absolute atomic E-state index is 0.430. The lowest BCUT2D eigenvalue weighted by molar-refractivity contribution is 0.0264. The Balaban J connectivity index is 1.98.